The van der Waals surface area contributed by atoms with Gasteiger partial charge in [0.05, 0.1) is 15.2 Å². The molecule has 1 aromatic heterocycles. The number of nitrogens with one attached hydrogen (secondary N) is 1. The molecule has 0 aliphatic carbocycles. The highest BCUT2D eigenvalue weighted by molar-refractivity contribution is 7.18. The molecule has 0 aliphatic rings. The molecule has 0 spiro atoms. The lowest BCUT2D eigenvalue weighted by atomic mass is 10.1. The van der Waals surface area contributed by atoms with Crippen molar-refractivity contribution in [2.45, 2.75) is 20.8 Å². The Morgan fingerprint density at radius 3 is 2.87 bits per heavy atom. The Hall–Kier alpha value is -2.40. The first-order valence-corrected chi connectivity index (χ1v) is 8.20. The highest BCUT2D eigenvalue weighted by Crippen LogP contribution is 2.25. The van der Waals surface area contributed by atoms with Crippen LogP contribution in [0.15, 0.2) is 36.4 Å². The maximum absolute atomic E-state index is 12.1. The number of amides is 1. The molecule has 1 N–H and O–H groups in total. The summed E-state index contributed by atoms with van der Waals surface area (Å²) >= 11 is 1.61. The molecule has 0 aliphatic heterocycles. The molecule has 0 radical (unpaired) electrons. The molecule has 1 heterocycles. The zero-order valence-corrected chi connectivity index (χ0v) is 14.2. The monoisotopic (exact) mass is 326 g/mol. The second-order valence-electron chi connectivity index (χ2n) is 5.45. The molecule has 1 amide bonds. The summed E-state index contributed by atoms with van der Waals surface area (Å²) in [6.07, 6.45) is 0. The topological polar surface area (TPSA) is 51.2 Å². The first-order chi connectivity index (χ1) is 11.0. The number of fused-ring (bicyclic) bond motifs is 1. The summed E-state index contributed by atoms with van der Waals surface area (Å²) in [4.78, 5) is 16.5. The molecule has 0 bridgehead atoms. The molecule has 4 nitrogen and oxygen atoms in total. The van der Waals surface area contributed by atoms with E-state index in [1.165, 1.54) is 0 Å². The zero-order chi connectivity index (χ0) is 16.4. The minimum atomic E-state index is -0.175. The van der Waals surface area contributed by atoms with Gasteiger partial charge >= 0.3 is 0 Å². The summed E-state index contributed by atoms with van der Waals surface area (Å²) in [5.41, 5.74) is 3.92. The van der Waals surface area contributed by atoms with E-state index < -0.39 is 0 Å². The molecule has 5 heteroatoms. The average Bonchev–Trinajstić information content (AvgIpc) is 2.88. The number of carbonyl (C=O) groups excluding carboxylic acids is 1. The smallest absolute Gasteiger partial charge is 0.262 e. The summed E-state index contributed by atoms with van der Waals surface area (Å²) in [7, 11) is 0. The van der Waals surface area contributed by atoms with E-state index in [2.05, 4.69) is 10.3 Å². The number of nitrogens with zero attached hydrogens (tertiary/aromatic N) is 1. The van der Waals surface area contributed by atoms with E-state index in [9.17, 15) is 4.79 Å². The lowest BCUT2D eigenvalue weighted by Gasteiger charge is -2.11. The largest absolute Gasteiger partial charge is 0.483 e. The first kappa shape index (κ1) is 15.5. The van der Waals surface area contributed by atoms with Crippen molar-refractivity contribution in [3.8, 4) is 5.75 Å². The second-order valence-corrected chi connectivity index (χ2v) is 6.69. The normalized spacial score (nSPS) is 10.7. The molecule has 0 unspecified atom stereocenters. The van der Waals surface area contributed by atoms with Crippen molar-refractivity contribution in [3.63, 3.8) is 0 Å². The van der Waals surface area contributed by atoms with Crippen LogP contribution in [0.4, 0.5) is 5.69 Å². The predicted octanol–water partition coefficient (Wildman–Crippen LogP) is 4.24. The lowest BCUT2D eigenvalue weighted by molar-refractivity contribution is -0.118. The van der Waals surface area contributed by atoms with E-state index in [1.54, 1.807) is 11.3 Å². The fourth-order valence-electron chi connectivity index (χ4n) is 2.34. The Kier molecular flexibility index (Phi) is 4.30. The summed E-state index contributed by atoms with van der Waals surface area (Å²) < 4.78 is 6.69. The van der Waals surface area contributed by atoms with E-state index in [1.807, 2.05) is 57.2 Å². The fourth-order valence-corrected chi connectivity index (χ4v) is 3.20. The molecule has 2 aromatic carbocycles. The van der Waals surface area contributed by atoms with Crippen molar-refractivity contribution in [1.29, 1.82) is 0 Å². The van der Waals surface area contributed by atoms with E-state index in [4.69, 9.17) is 4.74 Å². The standard InChI is InChI=1S/C18H18N2O2S/c1-11-5-4-6-16(12(11)2)22-10-18(21)20-14-7-8-15-17(9-14)23-13(3)19-15/h4-9H,10H2,1-3H3,(H,20,21). The lowest BCUT2D eigenvalue weighted by Crippen LogP contribution is -2.20. The number of hydrogen-bond donors (Lipinski definition) is 1. The van der Waals surface area contributed by atoms with Crippen molar-refractivity contribution >= 4 is 33.1 Å². The summed E-state index contributed by atoms with van der Waals surface area (Å²) in [6.45, 7) is 5.97. The third-order valence-electron chi connectivity index (χ3n) is 3.69. The third kappa shape index (κ3) is 3.51. The van der Waals surface area contributed by atoms with Gasteiger partial charge in [-0.3, -0.25) is 4.79 Å². The van der Waals surface area contributed by atoms with Gasteiger partial charge in [-0.1, -0.05) is 12.1 Å². The Morgan fingerprint density at radius 1 is 1.22 bits per heavy atom. The van der Waals surface area contributed by atoms with Crippen LogP contribution in [0.3, 0.4) is 0 Å². The number of rotatable bonds is 4. The highest BCUT2D eigenvalue weighted by atomic mass is 32.1. The summed E-state index contributed by atoms with van der Waals surface area (Å²) in [5.74, 6) is 0.570. The molecule has 3 aromatic rings. The van der Waals surface area contributed by atoms with Gasteiger partial charge in [-0.15, -0.1) is 11.3 Å². The maximum atomic E-state index is 12.1. The van der Waals surface area contributed by atoms with Crippen molar-refractivity contribution < 1.29 is 9.53 Å². The van der Waals surface area contributed by atoms with Gasteiger partial charge < -0.3 is 10.1 Å². The van der Waals surface area contributed by atoms with Crippen molar-refractivity contribution in [3.05, 3.63) is 52.5 Å². The average molecular weight is 326 g/mol. The maximum Gasteiger partial charge on any atom is 0.262 e. The van der Waals surface area contributed by atoms with Gasteiger partial charge in [-0.25, -0.2) is 4.98 Å². The Bertz CT molecular complexity index is 871. The number of aryl methyl sites for hydroxylation is 2. The molecule has 118 valence electrons. The number of hydrogen-bond acceptors (Lipinski definition) is 4. The fraction of sp³-hybridized carbons (Fsp3) is 0.222. The quantitative estimate of drug-likeness (QED) is 0.780. The van der Waals surface area contributed by atoms with Gasteiger partial charge in [0.1, 0.15) is 5.75 Å². The molecule has 0 saturated heterocycles. The van der Waals surface area contributed by atoms with Crippen molar-refractivity contribution in [2.75, 3.05) is 11.9 Å². The van der Waals surface area contributed by atoms with Crippen LogP contribution in [0.2, 0.25) is 0 Å². The third-order valence-corrected chi connectivity index (χ3v) is 4.63. The molecule has 0 saturated carbocycles. The number of aromatic nitrogens is 1. The van der Waals surface area contributed by atoms with Gasteiger partial charge in [0.15, 0.2) is 6.61 Å². The zero-order valence-electron chi connectivity index (χ0n) is 13.3. The van der Waals surface area contributed by atoms with E-state index in [0.717, 1.165) is 37.8 Å². The van der Waals surface area contributed by atoms with E-state index in [-0.39, 0.29) is 12.5 Å². The molecule has 23 heavy (non-hydrogen) atoms. The summed E-state index contributed by atoms with van der Waals surface area (Å²) in [6, 6.07) is 11.5. The molecular formula is C18H18N2O2S. The van der Waals surface area contributed by atoms with Crippen molar-refractivity contribution in [1.82, 2.24) is 4.98 Å². The summed E-state index contributed by atoms with van der Waals surface area (Å²) in [5, 5.41) is 3.88. The minimum absolute atomic E-state index is 0.00987. The predicted molar refractivity (Wildman–Crippen MR) is 94.4 cm³/mol. The minimum Gasteiger partial charge on any atom is -0.483 e. The SMILES string of the molecule is Cc1nc2ccc(NC(=O)COc3cccc(C)c3C)cc2s1. The first-order valence-electron chi connectivity index (χ1n) is 7.39. The van der Waals surface area contributed by atoms with Crippen LogP contribution in [0, 0.1) is 20.8 Å². The molecular weight excluding hydrogens is 308 g/mol. The Balaban J connectivity index is 1.65. The van der Waals surface area contributed by atoms with Crippen LogP contribution in [0.5, 0.6) is 5.75 Å². The molecule has 0 atom stereocenters. The number of thiazole rings is 1. The van der Waals surface area contributed by atoms with Crippen LogP contribution in [0.25, 0.3) is 10.2 Å². The highest BCUT2D eigenvalue weighted by Gasteiger charge is 2.08. The number of carbonyl (C=O) groups is 1. The molecule has 0 fully saturated rings. The Morgan fingerprint density at radius 2 is 2.04 bits per heavy atom. The van der Waals surface area contributed by atoms with Crippen molar-refractivity contribution in [2.24, 2.45) is 0 Å². The van der Waals surface area contributed by atoms with E-state index >= 15 is 0 Å². The van der Waals surface area contributed by atoms with Crippen LogP contribution in [-0.2, 0) is 4.79 Å². The van der Waals surface area contributed by atoms with Crippen LogP contribution < -0.4 is 10.1 Å². The van der Waals surface area contributed by atoms with Gasteiger partial charge in [-0.05, 0) is 56.2 Å². The van der Waals surface area contributed by atoms with E-state index in [0.29, 0.717) is 0 Å². The Labute approximate surface area is 139 Å². The van der Waals surface area contributed by atoms with Gasteiger partial charge in [0, 0.05) is 5.69 Å². The number of ether oxygens (including phenoxy) is 1. The van der Waals surface area contributed by atoms with Gasteiger partial charge in [-0.2, -0.15) is 0 Å². The molecule has 3 rings (SSSR count). The number of anilines is 1. The van der Waals surface area contributed by atoms with Crippen LogP contribution in [-0.4, -0.2) is 17.5 Å². The van der Waals surface area contributed by atoms with Gasteiger partial charge in [0.25, 0.3) is 5.91 Å². The number of benzene rings is 2. The van der Waals surface area contributed by atoms with Crippen LogP contribution in [0.1, 0.15) is 16.1 Å². The van der Waals surface area contributed by atoms with Crippen LogP contribution >= 0.6 is 11.3 Å². The van der Waals surface area contributed by atoms with Gasteiger partial charge in [0.2, 0.25) is 0 Å². The second kappa shape index (κ2) is 6.38.